The van der Waals surface area contributed by atoms with Crippen LogP contribution in [0.3, 0.4) is 0 Å². The zero-order valence-corrected chi connectivity index (χ0v) is 13.0. The van der Waals surface area contributed by atoms with Gasteiger partial charge in [-0.15, -0.1) is 0 Å². The molecule has 0 saturated carbocycles. The highest BCUT2D eigenvalue weighted by Gasteiger charge is 2.40. The van der Waals surface area contributed by atoms with Crippen LogP contribution in [0.1, 0.15) is 23.7 Å². The predicted molar refractivity (Wildman–Crippen MR) is 85.3 cm³/mol. The third-order valence-electron chi connectivity index (χ3n) is 3.41. The molecule has 0 saturated heterocycles. The lowest BCUT2D eigenvalue weighted by atomic mass is 10.1. The Morgan fingerprint density at radius 1 is 1.05 bits per heavy atom. The maximum atomic E-state index is 12.9. The quantitative estimate of drug-likeness (QED) is 0.652. The van der Waals surface area contributed by atoms with Gasteiger partial charge < -0.3 is 0 Å². The van der Waals surface area contributed by atoms with E-state index in [1.807, 2.05) is 43.3 Å². The molecule has 4 heteroatoms. The van der Waals surface area contributed by atoms with Gasteiger partial charge in [-0.3, -0.25) is 4.57 Å². The minimum Gasteiger partial charge on any atom is -0.294 e. The van der Waals surface area contributed by atoms with Crippen LogP contribution < -0.4 is 0 Å². The number of hydrogen-bond donors (Lipinski definition) is 0. The fourth-order valence-electron chi connectivity index (χ4n) is 2.71. The summed E-state index contributed by atoms with van der Waals surface area (Å²) in [5.74, 6) is 0.765. The average molecular weight is 309 g/mol. The van der Waals surface area contributed by atoms with Crippen molar-refractivity contribution in [3.8, 4) is 11.1 Å². The van der Waals surface area contributed by atoms with E-state index in [1.54, 1.807) is 0 Å². The average Bonchev–Trinajstić information content (AvgIpc) is 2.74. The summed E-state index contributed by atoms with van der Waals surface area (Å²) in [6, 6.07) is 16.3. The molecule has 0 N–H and O–H groups in total. The Morgan fingerprint density at radius 3 is 2.00 bits per heavy atom. The summed E-state index contributed by atoms with van der Waals surface area (Å²) >= 11 is 7.80. The molecule has 3 rings (SSSR count). The van der Waals surface area contributed by atoms with Crippen LogP contribution in [0.25, 0.3) is 11.1 Å². The van der Waals surface area contributed by atoms with Gasteiger partial charge in [0.25, 0.3) is 0 Å². The lowest BCUT2D eigenvalue weighted by Gasteiger charge is -2.19. The molecule has 0 spiro atoms. The van der Waals surface area contributed by atoms with E-state index in [4.69, 9.17) is 11.2 Å². The Morgan fingerprint density at radius 2 is 1.53 bits per heavy atom. The van der Waals surface area contributed by atoms with Crippen molar-refractivity contribution in [1.29, 1.82) is 0 Å². The van der Waals surface area contributed by atoms with Crippen LogP contribution in [0.2, 0.25) is 0 Å². The Hall–Kier alpha value is -0.690. The van der Waals surface area contributed by atoms with Crippen molar-refractivity contribution in [2.75, 3.05) is 5.75 Å². The molecule has 0 bridgehead atoms. The number of benzene rings is 2. The highest BCUT2D eigenvalue weighted by Crippen LogP contribution is 2.77. The third kappa shape index (κ3) is 2.16. The summed E-state index contributed by atoms with van der Waals surface area (Å²) in [6.45, 7) is 1.99. The minimum absolute atomic E-state index is 0.175. The summed E-state index contributed by atoms with van der Waals surface area (Å²) in [7, 11) is 0. The maximum absolute atomic E-state index is 12.9. The maximum Gasteiger partial charge on any atom is 0.233 e. The number of fused-ring (bicyclic) bond motifs is 3. The molecule has 2 aromatic rings. The van der Waals surface area contributed by atoms with Crippen molar-refractivity contribution in [3.63, 3.8) is 0 Å². The Balaban J connectivity index is 2.23. The standard InChI is InChI=1S/C15H14ClOPS/c1-2-19-18(16,17)15-13-9-5-3-7-11(13)12-8-4-6-10-14(12)15/h3-10,15H,2H2,1H3. The molecule has 1 aliphatic rings. The van der Waals surface area contributed by atoms with Gasteiger partial charge in [0.2, 0.25) is 5.70 Å². The minimum atomic E-state index is -2.82. The predicted octanol–water partition coefficient (Wildman–Crippen LogP) is 5.94. The lowest BCUT2D eigenvalue weighted by Crippen LogP contribution is -1.93. The fourth-order valence-corrected chi connectivity index (χ4v) is 8.02. The monoisotopic (exact) mass is 308 g/mol. The SMILES string of the molecule is CCSP(=O)(Cl)C1c2ccccc2-c2ccccc21. The van der Waals surface area contributed by atoms with E-state index in [-0.39, 0.29) is 5.66 Å². The van der Waals surface area contributed by atoms with Gasteiger partial charge in [-0.25, -0.2) is 0 Å². The van der Waals surface area contributed by atoms with Crippen molar-refractivity contribution in [1.82, 2.24) is 0 Å². The molecular formula is C15H14ClOPS. The number of hydrogen-bond acceptors (Lipinski definition) is 2. The first-order chi connectivity index (χ1) is 9.15. The third-order valence-corrected chi connectivity index (χ3v) is 9.13. The Labute approximate surface area is 122 Å². The molecule has 98 valence electrons. The smallest absolute Gasteiger partial charge is 0.233 e. The van der Waals surface area contributed by atoms with Gasteiger partial charge >= 0.3 is 0 Å². The number of rotatable bonds is 3. The van der Waals surface area contributed by atoms with Crippen molar-refractivity contribution >= 4 is 28.3 Å². The molecule has 1 unspecified atom stereocenters. The van der Waals surface area contributed by atoms with Crippen LogP contribution in [0.4, 0.5) is 0 Å². The van der Waals surface area contributed by atoms with Gasteiger partial charge in [0.15, 0.2) is 0 Å². The van der Waals surface area contributed by atoms with Crippen molar-refractivity contribution in [3.05, 3.63) is 59.7 Å². The zero-order chi connectivity index (χ0) is 13.5. The molecule has 0 amide bonds. The molecule has 0 radical (unpaired) electrons. The van der Waals surface area contributed by atoms with Gasteiger partial charge in [-0.05, 0) is 39.2 Å². The molecule has 1 aliphatic carbocycles. The normalized spacial score (nSPS) is 16.7. The topological polar surface area (TPSA) is 17.1 Å². The van der Waals surface area contributed by atoms with Crippen LogP contribution in [0.5, 0.6) is 0 Å². The molecule has 0 heterocycles. The molecule has 1 nitrogen and oxygen atoms in total. The highest BCUT2D eigenvalue weighted by molar-refractivity contribution is 8.65. The van der Waals surface area contributed by atoms with Gasteiger partial charge in [0, 0.05) is 0 Å². The van der Waals surface area contributed by atoms with E-state index in [2.05, 4.69) is 12.1 Å². The van der Waals surface area contributed by atoms with E-state index in [0.717, 1.165) is 16.9 Å². The molecule has 19 heavy (non-hydrogen) atoms. The van der Waals surface area contributed by atoms with E-state index in [0.29, 0.717) is 0 Å². The molecule has 2 aromatic carbocycles. The first kappa shape index (κ1) is 13.3. The molecule has 1 atom stereocenters. The van der Waals surface area contributed by atoms with Crippen molar-refractivity contribution < 1.29 is 4.57 Å². The van der Waals surface area contributed by atoms with Crippen molar-refractivity contribution in [2.24, 2.45) is 0 Å². The van der Waals surface area contributed by atoms with E-state index >= 15 is 0 Å². The first-order valence-corrected chi connectivity index (χ1v) is 10.5. The molecule has 0 aromatic heterocycles. The van der Waals surface area contributed by atoms with Gasteiger partial charge in [0.1, 0.15) is 0 Å². The van der Waals surface area contributed by atoms with Crippen molar-refractivity contribution in [2.45, 2.75) is 12.6 Å². The van der Waals surface area contributed by atoms with Gasteiger partial charge in [0.05, 0.1) is 5.66 Å². The summed E-state index contributed by atoms with van der Waals surface area (Å²) in [5.41, 5.74) is 1.54. The van der Waals surface area contributed by atoms with E-state index in [9.17, 15) is 4.57 Å². The summed E-state index contributed by atoms with van der Waals surface area (Å²) in [4.78, 5) is 0. The fraction of sp³-hybridized carbons (Fsp3) is 0.200. The first-order valence-electron chi connectivity index (χ1n) is 6.27. The zero-order valence-electron chi connectivity index (χ0n) is 10.5. The Bertz CT molecular complexity index is 625. The van der Waals surface area contributed by atoms with Crippen LogP contribution in [-0.4, -0.2) is 5.75 Å². The summed E-state index contributed by atoms with van der Waals surface area (Å²) in [5, 5.41) is 0. The second-order valence-electron chi connectivity index (χ2n) is 4.52. The van der Waals surface area contributed by atoms with Crippen LogP contribution in [0.15, 0.2) is 48.5 Å². The Kier molecular flexibility index (Phi) is 3.51. The van der Waals surface area contributed by atoms with Crippen LogP contribution in [-0.2, 0) is 4.57 Å². The second-order valence-corrected chi connectivity index (χ2v) is 11.4. The van der Waals surface area contributed by atoms with Crippen LogP contribution in [0, 0.1) is 0 Å². The number of halogens is 1. The lowest BCUT2D eigenvalue weighted by molar-refractivity contribution is 0.589. The summed E-state index contributed by atoms with van der Waals surface area (Å²) < 4.78 is 12.9. The molecule has 0 aliphatic heterocycles. The molecular weight excluding hydrogens is 295 g/mol. The van der Waals surface area contributed by atoms with E-state index < -0.39 is 5.70 Å². The molecule has 0 fully saturated rings. The van der Waals surface area contributed by atoms with E-state index in [1.165, 1.54) is 22.5 Å². The van der Waals surface area contributed by atoms with Gasteiger partial charge in [-0.2, -0.15) is 0 Å². The summed E-state index contributed by atoms with van der Waals surface area (Å²) in [6.07, 6.45) is 0. The van der Waals surface area contributed by atoms with Crippen LogP contribution >= 0.6 is 28.3 Å². The largest absolute Gasteiger partial charge is 0.294 e. The highest BCUT2D eigenvalue weighted by atomic mass is 35.7. The second kappa shape index (κ2) is 5.01. The van der Waals surface area contributed by atoms with Gasteiger partial charge in [-0.1, -0.05) is 66.8 Å².